The number of carbonyl (C=O) groups is 1. The first-order valence-electron chi connectivity index (χ1n) is 8.33. The minimum Gasteiger partial charge on any atom is -0.356 e. The van der Waals surface area contributed by atoms with Gasteiger partial charge in [-0.15, -0.1) is 11.3 Å². The smallest absolute Gasteiger partial charge is 0.226 e. The Morgan fingerprint density at radius 2 is 2.04 bits per heavy atom. The van der Waals surface area contributed by atoms with Crippen molar-refractivity contribution in [2.45, 2.75) is 33.7 Å². The molecule has 0 atom stereocenters. The van der Waals surface area contributed by atoms with Crippen LogP contribution in [0.3, 0.4) is 0 Å². The molecule has 0 spiro atoms. The fourth-order valence-corrected chi connectivity index (χ4v) is 3.42. The van der Waals surface area contributed by atoms with E-state index in [1.54, 1.807) is 24.5 Å². The van der Waals surface area contributed by atoms with Gasteiger partial charge in [0.2, 0.25) is 5.91 Å². The lowest BCUT2D eigenvalue weighted by Crippen LogP contribution is -2.38. The maximum absolute atomic E-state index is 12.1. The minimum atomic E-state index is -0.0766. The van der Waals surface area contributed by atoms with Crippen LogP contribution in [0.4, 0.5) is 5.69 Å². The van der Waals surface area contributed by atoms with Crippen molar-refractivity contribution in [2.24, 2.45) is 4.99 Å². The number of nitrogens with one attached hydrogen (secondary N) is 3. The van der Waals surface area contributed by atoms with E-state index in [1.165, 1.54) is 4.88 Å². The van der Waals surface area contributed by atoms with E-state index in [4.69, 9.17) is 11.6 Å². The summed E-state index contributed by atoms with van der Waals surface area (Å²) in [7, 11) is 1.70. The highest BCUT2D eigenvalue weighted by Crippen LogP contribution is 2.22. The van der Waals surface area contributed by atoms with Crippen molar-refractivity contribution in [3.05, 3.63) is 44.4 Å². The number of rotatable bonds is 6. The zero-order valence-corrected chi connectivity index (χ0v) is 17.0. The lowest BCUT2D eigenvalue weighted by atomic mass is 10.2. The van der Waals surface area contributed by atoms with Crippen LogP contribution in [0.25, 0.3) is 0 Å². The van der Waals surface area contributed by atoms with Gasteiger partial charge in [-0.1, -0.05) is 17.7 Å². The van der Waals surface area contributed by atoms with Crippen LogP contribution in [-0.2, 0) is 11.3 Å². The molecule has 0 bridgehead atoms. The van der Waals surface area contributed by atoms with Gasteiger partial charge in [0.25, 0.3) is 0 Å². The maximum Gasteiger partial charge on any atom is 0.226 e. The van der Waals surface area contributed by atoms with E-state index in [-0.39, 0.29) is 5.91 Å². The van der Waals surface area contributed by atoms with Gasteiger partial charge in [0.1, 0.15) is 0 Å². The number of thiazole rings is 1. The second-order valence-corrected chi connectivity index (χ2v) is 7.50. The molecule has 26 heavy (non-hydrogen) atoms. The third kappa shape index (κ3) is 5.71. The Morgan fingerprint density at radius 3 is 2.69 bits per heavy atom. The zero-order chi connectivity index (χ0) is 19.1. The van der Waals surface area contributed by atoms with Crippen molar-refractivity contribution in [3.8, 4) is 0 Å². The van der Waals surface area contributed by atoms with Crippen LogP contribution >= 0.6 is 22.9 Å². The number of aryl methyl sites for hydroxylation is 2. The number of anilines is 1. The first-order chi connectivity index (χ1) is 12.4. The number of aromatic nitrogens is 1. The van der Waals surface area contributed by atoms with Crippen LogP contribution in [0, 0.1) is 20.8 Å². The molecule has 1 aromatic heterocycles. The van der Waals surface area contributed by atoms with Crippen molar-refractivity contribution >= 4 is 40.5 Å². The molecule has 140 valence electrons. The topological polar surface area (TPSA) is 78.4 Å². The number of hydrogen-bond acceptors (Lipinski definition) is 4. The summed E-state index contributed by atoms with van der Waals surface area (Å²) < 4.78 is 0. The van der Waals surface area contributed by atoms with E-state index in [0.29, 0.717) is 30.5 Å². The second kappa shape index (κ2) is 9.54. The number of hydrogen-bond donors (Lipinski definition) is 3. The molecule has 1 heterocycles. The number of nitrogens with zero attached hydrogens (tertiary/aromatic N) is 2. The quantitative estimate of drug-likeness (QED) is 0.519. The SMILES string of the molecule is CN=C(NCCC(=O)Nc1cccc(Cl)c1C)NCc1sc(C)nc1C. The van der Waals surface area contributed by atoms with Crippen LogP contribution in [0.5, 0.6) is 0 Å². The van der Waals surface area contributed by atoms with E-state index in [0.717, 1.165) is 22.0 Å². The van der Waals surface area contributed by atoms with E-state index >= 15 is 0 Å². The van der Waals surface area contributed by atoms with E-state index in [9.17, 15) is 4.79 Å². The van der Waals surface area contributed by atoms with Crippen molar-refractivity contribution in [1.82, 2.24) is 15.6 Å². The third-order valence-corrected chi connectivity index (χ3v) is 5.31. The summed E-state index contributed by atoms with van der Waals surface area (Å²) in [6, 6.07) is 5.46. The molecule has 0 radical (unpaired) electrons. The summed E-state index contributed by atoms with van der Waals surface area (Å²) in [4.78, 5) is 21.9. The number of carbonyl (C=O) groups excluding carboxylic acids is 1. The predicted molar refractivity (Wildman–Crippen MR) is 109 cm³/mol. The Kier molecular flexibility index (Phi) is 7.41. The Bertz CT molecular complexity index is 803. The molecule has 1 amide bonds. The fourth-order valence-electron chi connectivity index (χ4n) is 2.37. The highest BCUT2D eigenvalue weighted by molar-refractivity contribution is 7.11. The zero-order valence-electron chi connectivity index (χ0n) is 15.4. The van der Waals surface area contributed by atoms with E-state index in [1.807, 2.05) is 32.9 Å². The number of amides is 1. The molecule has 2 rings (SSSR count). The number of aliphatic imine (C=N–C) groups is 1. The third-order valence-electron chi connectivity index (χ3n) is 3.83. The highest BCUT2D eigenvalue weighted by Gasteiger charge is 2.08. The number of benzene rings is 1. The minimum absolute atomic E-state index is 0.0766. The summed E-state index contributed by atoms with van der Waals surface area (Å²) in [5, 5.41) is 11.0. The van der Waals surface area contributed by atoms with Gasteiger partial charge in [0.15, 0.2) is 5.96 Å². The molecule has 0 aliphatic heterocycles. The molecule has 0 saturated heterocycles. The van der Waals surface area contributed by atoms with Gasteiger partial charge >= 0.3 is 0 Å². The van der Waals surface area contributed by atoms with E-state index in [2.05, 4.69) is 25.9 Å². The monoisotopic (exact) mass is 393 g/mol. The summed E-state index contributed by atoms with van der Waals surface area (Å²) in [5.41, 5.74) is 2.64. The van der Waals surface area contributed by atoms with Gasteiger partial charge in [0.05, 0.1) is 17.2 Å². The van der Waals surface area contributed by atoms with Gasteiger partial charge in [-0.3, -0.25) is 9.79 Å². The highest BCUT2D eigenvalue weighted by atomic mass is 35.5. The summed E-state index contributed by atoms with van der Waals surface area (Å²) in [6.45, 7) is 7.01. The maximum atomic E-state index is 12.1. The summed E-state index contributed by atoms with van der Waals surface area (Å²) in [6.07, 6.45) is 0.325. The first kappa shape index (κ1) is 20.2. The molecule has 6 nitrogen and oxygen atoms in total. The predicted octanol–water partition coefficient (Wildman–Crippen LogP) is 3.42. The largest absolute Gasteiger partial charge is 0.356 e. The molecule has 8 heteroatoms. The Morgan fingerprint density at radius 1 is 1.27 bits per heavy atom. The molecule has 0 saturated carbocycles. The first-order valence-corrected chi connectivity index (χ1v) is 9.52. The molecular weight excluding hydrogens is 370 g/mol. The van der Waals surface area contributed by atoms with Crippen molar-refractivity contribution in [1.29, 1.82) is 0 Å². The number of guanidine groups is 1. The van der Waals surface area contributed by atoms with Gasteiger partial charge < -0.3 is 16.0 Å². The fraction of sp³-hybridized carbons (Fsp3) is 0.389. The lowest BCUT2D eigenvalue weighted by molar-refractivity contribution is -0.116. The molecule has 0 aliphatic carbocycles. The Balaban J connectivity index is 1.77. The Labute approximate surface area is 163 Å². The average Bonchev–Trinajstić information content (AvgIpc) is 2.92. The average molecular weight is 394 g/mol. The van der Waals surface area contributed by atoms with Crippen molar-refractivity contribution in [2.75, 3.05) is 18.9 Å². The van der Waals surface area contributed by atoms with Crippen LogP contribution in [0.2, 0.25) is 5.02 Å². The summed E-state index contributed by atoms with van der Waals surface area (Å²) >= 11 is 7.74. The number of halogens is 1. The molecule has 0 fully saturated rings. The van der Waals surface area contributed by atoms with Gasteiger partial charge in [-0.2, -0.15) is 0 Å². The summed E-state index contributed by atoms with van der Waals surface area (Å²) in [5.74, 6) is 0.578. The van der Waals surface area contributed by atoms with Crippen LogP contribution in [0.15, 0.2) is 23.2 Å². The van der Waals surface area contributed by atoms with Crippen LogP contribution < -0.4 is 16.0 Å². The molecule has 1 aromatic carbocycles. The van der Waals surface area contributed by atoms with Crippen molar-refractivity contribution in [3.63, 3.8) is 0 Å². The molecule has 2 aromatic rings. The lowest BCUT2D eigenvalue weighted by Gasteiger charge is -2.12. The van der Waals surface area contributed by atoms with Crippen LogP contribution in [-0.4, -0.2) is 30.4 Å². The molecule has 0 unspecified atom stereocenters. The standard InChI is InChI=1S/C18H24ClN5OS/c1-11-14(19)6-5-7-15(11)24-17(25)8-9-21-18(20-4)22-10-16-12(2)23-13(3)26-16/h5-7H,8-10H2,1-4H3,(H,24,25)(H2,20,21,22). The van der Waals surface area contributed by atoms with Crippen LogP contribution in [0.1, 0.15) is 27.6 Å². The van der Waals surface area contributed by atoms with Gasteiger partial charge in [-0.25, -0.2) is 4.98 Å². The van der Waals surface area contributed by atoms with Gasteiger partial charge in [-0.05, 0) is 38.5 Å². The van der Waals surface area contributed by atoms with Gasteiger partial charge in [0, 0.05) is 35.6 Å². The van der Waals surface area contributed by atoms with E-state index < -0.39 is 0 Å². The van der Waals surface area contributed by atoms with Crippen molar-refractivity contribution < 1.29 is 4.79 Å². The molecule has 3 N–H and O–H groups in total. The molecular formula is C18H24ClN5OS. The normalized spacial score (nSPS) is 11.3. The molecule has 0 aliphatic rings. The second-order valence-electron chi connectivity index (χ2n) is 5.80. The Hall–Kier alpha value is -2.12.